The van der Waals surface area contributed by atoms with E-state index in [0.717, 1.165) is 53.4 Å². The van der Waals surface area contributed by atoms with E-state index in [0.29, 0.717) is 11.0 Å². The molecule has 2 aromatic heterocycles. The van der Waals surface area contributed by atoms with Crippen LogP contribution in [0.2, 0.25) is 0 Å². The molecule has 2 aromatic carbocycles. The van der Waals surface area contributed by atoms with E-state index in [4.69, 9.17) is 9.40 Å². The quantitative estimate of drug-likeness (QED) is 0.210. The third-order valence-corrected chi connectivity index (χ3v) is 7.44. The lowest BCUT2D eigenvalue weighted by Gasteiger charge is -2.42. The van der Waals surface area contributed by atoms with Gasteiger partial charge in [-0.3, -0.25) is 0 Å². The molecule has 0 atom stereocenters. The molecule has 2 aliphatic heterocycles. The van der Waals surface area contributed by atoms with Gasteiger partial charge in [0.05, 0.1) is 22.0 Å². The van der Waals surface area contributed by atoms with Crippen molar-refractivity contribution in [2.75, 3.05) is 29.9 Å². The van der Waals surface area contributed by atoms with E-state index >= 15 is 0 Å². The second-order valence-electron chi connectivity index (χ2n) is 10.1. The Morgan fingerprint density at radius 2 is 1.91 bits per heavy atom. The molecule has 0 N–H and O–H groups in total. The van der Waals surface area contributed by atoms with Gasteiger partial charge in [0.1, 0.15) is 5.58 Å². The highest BCUT2D eigenvalue weighted by Gasteiger charge is 2.31. The Labute approximate surface area is 193 Å². The first-order valence-electron chi connectivity index (χ1n) is 11.8. The van der Waals surface area contributed by atoms with Crippen LogP contribution < -0.4 is 15.4 Å². The molecule has 5 heteroatoms. The van der Waals surface area contributed by atoms with Crippen molar-refractivity contribution >= 4 is 49.7 Å². The number of rotatable bonds is 1. The molecule has 0 saturated carbocycles. The van der Waals surface area contributed by atoms with Gasteiger partial charge >= 0.3 is 5.63 Å². The maximum Gasteiger partial charge on any atom is 0.345 e. The molecule has 33 heavy (non-hydrogen) atoms. The Bertz CT molecular complexity index is 1560. The number of likely N-dealkylation sites (N-methyl/N-ethyl adjacent to an activating group) is 1. The van der Waals surface area contributed by atoms with E-state index in [1.807, 2.05) is 12.1 Å². The summed E-state index contributed by atoms with van der Waals surface area (Å²) in [7, 11) is 2.14. The molecule has 0 fully saturated rings. The van der Waals surface area contributed by atoms with Gasteiger partial charge in [0.2, 0.25) is 0 Å². The fraction of sp³-hybridized carbons (Fsp3) is 0.357. The smallest absolute Gasteiger partial charge is 0.345 e. The van der Waals surface area contributed by atoms with Gasteiger partial charge in [-0.05, 0) is 75.9 Å². The number of nitrogens with zero attached hydrogens (tertiary/aromatic N) is 3. The molecule has 0 amide bonds. The first-order valence-corrected chi connectivity index (χ1v) is 11.8. The minimum absolute atomic E-state index is 0.101. The Hall–Kier alpha value is -3.34. The first-order chi connectivity index (χ1) is 15.8. The van der Waals surface area contributed by atoms with Crippen molar-refractivity contribution in [2.45, 2.75) is 46.1 Å². The largest absolute Gasteiger partial charge is 0.422 e. The molecule has 2 aliphatic rings. The van der Waals surface area contributed by atoms with E-state index in [1.165, 1.54) is 22.4 Å². The van der Waals surface area contributed by atoms with Crippen LogP contribution in [-0.4, -0.2) is 30.7 Å². The average Bonchev–Trinajstić information content (AvgIpc) is 2.76. The van der Waals surface area contributed by atoms with Crippen molar-refractivity contribution in [3.05, 3.63) is 58.0 Å². The Kier molecular flexibility index (Phi) is 4.20. The summed E-state index contributed by atoms with van der Waals surface area (Å²) in [6, 6.07) is 10.5. The van der Waals surface area contributed by atoms with E-state index in [2.05, 4.69) is 68.8 Å². The fourth-order valence-electron chi connectivity index (χ4n) is 5.91. The van der Waals surface area contributed by atoms with Crippen LogP contribution in [-0.2, 0) is 6.42 Å². The van der Waals surface area contributed by atoms with Crippen molar-refractivity contribution in [3.8, 4) is 0 Å². The molecule has 0 unspecified atom stereocenters. The van der Waals surface area contributed by atoms with Crippen LogP contribution in [0.25, 0.3) is 38.3 Å². The fourth-order valence-corrected chi connectivity index (χ4v) is 5.91. The van der Waals surface area contributed by atoms with Gasteiger partial charge in [-0.25, -0.2) is 9.78 Å². The second kappa shape index (κ2) is 6.83. The highest BCUT2D eigenvalue weighted by molar-refractivity contribution is 6.08. The van der Waals surface area contributed by atoms with Gasteiger partial charge in [-0.1, -0.05) is 6.08 Å². The number of hydrogen-bond donors (Lipinski definition) is 0. The number of pyridine rings is 1. The monoisotopic (exact) mass is 439 g/mol. The minimum Gasteiger partial charge on any atom is -0.422 e. The summed E-state index contributed by atoms with van der Waals surface area (Å²) in [5, 5.41) is 2.43. The highest BCUT2D eigenvalue weighted by atomic mass is 16.4. The Morgan fingerprint density at radius 1 is 1.09 bits per heavy atom. The molecule has 4 aromatic rings. The Balaban J connectivity index is 1.68. The molecule has 0 spiro atoms. The molecule has 4 heterocycles. The van der Waals surface area contributed by atoms with Crippen LogP contribution in [0.5, 0.6) is 0 Å². The van der Waals surface area contributed by atoms with Crippen LogP contribution >= 0.6 is 0 Å². The first kappa shape index (κ1) is 20.3. The van der Waals surface area contributed by atoms with Crippen molar-refractivity contribution in [1.82, 2.24) is 4.98 Å². The van der Waals surface area contributed by atoms with Gasteiger partial charge in [0, 0.05) is 53.9 Å². The summed E-state index contributed by atoms with van der Waals surface area (Å²) < 4.78 is 5.87. The van der Waals surface area contributed by atoms with Crippen LogP contribution in [0.15, 0.2) is 45.6 Å². The summed E-state index contributed by atoms with van der Waals surface area (Å²) >= 11 is 0. The average molecular weight is 440 g/mol. The van der Waals surface area contributed by atoms with Crippen LogP contribution in [0.4, 0.5) is 11.4 Å². The molecule has 0 bridgehead atoms. The maximum atomic E-state index is 13.0. The number of aromatic nitrogens is 1. The number of benzene rings is 2. The second-order valence-corrected chi connectivity index (χ2v) is 10.1. The molecule has 0 aliphatic carbocycles. The summed E-state index contributed by atoms with van der Waals surface area (Å²) in [6.45, 7) is 10.7. The zero-order chi connectivity index (χ0) is 23.1. The van der Waals surface area contributed by atoms with Crippen LogP contribution in [0, 0.1) is 0 Å². The van der Waals surface area contributed by atoms with E-state index in [9.17, 15) is 4.79 Å². The maximum absolute atomic E-state index is 13.0. The van der Waals surface area contributed by atoms with Crippen molar-refractivity contribution < 1.29 is 4.42 Å². The van der Waals surface area contributed by atoms with E-state index < -0.39 is 0 Å². The summed E-state index contributed by atoms with van der Waals surface area (Å²) in [4.78, 5) is 22.7. The highest BCUT2D eigenvalue weighted by Crippen LogP contribution is 2.42. The van der Waals surface area contributed by atoms with Gasteiger partial charge < -0.3 is 14.2 Å². The van der Waals surface area contributed by atoms with Crippen molar-refractivity contribution in [1.29, 1.82) is 0 Å². The predicted molar refractivity (Wildman–Crippen MR) is 138 cm³/mol. The minimum atomic E-state index is -0.327. The lowest BCUT2D eigenvalue weighted by Crippen LogP contribution is -2.44. The number of allylic oxidation sites excluding steroid dienone is 1. The SMILES string of the molecule is CCN1c2cc3oc(=O)c4cc5cc6c(cc5nc4c3cc2C(C)=CC1(C)C)N(C)CCC6. The predicted octanol–water partition coefficient (Wildman–Crippen LogP) is 5.90. The topological polar surface area (TPSA) is 49.6 Å². The standard InChI is InChI=1S/C28H29N3O2/c1-6-31-24-14-25-20(12-19(24)16(2)15-28(31,3)4)26-21(27(32)33-25)11-18-10-17-8-7-9-30(5)23(17)13-22(18)29-26/h10-15H,6-9H2,1-5H3. The molecule has 5 nitrogen and oxygen atoms in total. The molecule has 168 valence electrons. The zero-order valence-corrected chi connectivity index (χ0v) is 20.0. The Morgan fingerprint density at radius 3 is 2.70 bits per heavy atom. The van der Waals surface area contributed by atoms with E-state index in [1.54, 1.807) is 0 Å². The molecule has 0 saturated heterocycles. The van der Waals surface area contributed by atoms with E-state index in [-0.39, 0.29) is 11.2 Å². The van der Waals surface area contributed by atoms with Crippen LogP contribution in [0.3, 0.4) is 0 Å². The number of aryl methyl sites for hydroxylation is 1. The van der Waals surface area contributed by atoms with Gasteiger partial charge in [-0.15, -0.1) is 0 Å². The van der Waals surface area contributed by atoms with Crippen molar-refractivity contribution in [2.24, 2.45) is 0 Å². The normalized spacial score (nSPS) is 17.4. The third-order valence-electron chi connectivity index (χ3n) is 7.44. The molecule has 6 rings (SSSR count). The van der Waals surface area contributed by atoms with Gasteiger partial charge in [0.25, 0.3) is 0 Å². The number of anilines is 2. The summed E-state index contributed by atoms with van der Waals surface area (Å²) in [5.41, 5.74) is 7.88. The molecule has 0 radical (unpaired) electrons. The number of fused-ring (bicyclic) bond motifs is 6. The van der Waals surface area contributed by atoms with Crippen molar-refractivity contribution in [3.63, 3.8) is 0 Å². The zero-order valence-electron chi connectivity index (χ0n) is 20.0. The van der Waals surface area contributed by atoms with Gasteiger partial charge in [-0.2, -0.15) is 0 Å². The lowest BCUT2D eigenvalue weighted by atomic mass is 9.88. The molecular formula is C28H29N3O2. The molecular weight excluding hydrogens is 410 g/mol. The summed E-state index contributed by atoms with van der Waals surface area (Å²) in [6.07, 6.45) is 4.52. The lowest BCUT2D eigenvalue weighted by molar-refractivity contribution is 0.559. The summed E-state index contributed by atoms with van der Waals surface area (Å²) in [5.74, 6) is 0. The third kappa shape index (κ3) is 2.91. The number of hydrogen-bond acceptors (Lipinski definition) is 5. The van der Waals surface area contributed by atoms with Crippen LogP contribution in [0.1, 0.15) is 45.2 Å². The van der Waals surface area contributed by atoms with Gasteiger partial charge in [0.15, 0.2) is 0 Å².